The lowest BCUT2D eigenvalue weighted by atomic mass is 9.89. The van der Waals surface area contributed by atoms with Gasteiger partial charge in [0.05, 0.1) is 18.8 Å². The van der Waals surface area contributed by atoms with Gasteiger partial charge >= 0.3 is 0 Å². The Hall–Kier alpha value is -1.67. The maximum absolute atomic E-state index is 12.7. The number of rotatable bonds is 12. The molecule has 0 spiro atoms. The molecule has 8 nitrogen and oxygen atoms in total. The summed E-state index contributed by atoms with van der Waals surface area (Å²) in [4.78, 5) is 37.0. The van der Waals surface area contributed by atoms with Crippen molar-refractivity contribution in [2.45, 2.75) is 79.0 Å². The summed E-state index contributed by atoms with van der Waals surface area (Å²) in [5, 5.41) is 19.2. The van der Waals surface area contributed by atoms with Crippen molar-refractivity contribution in [3.8, 4) is 0 Å². The van der Waals surface area contributed by atoms with Gasteiger partial charge in [0.15, 0.2) is 0 Å². The second kappa shape index (κ2) is 12.9. The lowest BCUT2D eigenvalue weighted by Gasteiger charge is -2.29. The second-order valence-electron chi connectivity index (χ2n) is 8.99. The number of ether oxygens (including phenoxy) is 1. The van der Waals surface area contributed by atoms with Crippen LogP contribution in [0.5, 0.6) is 0 Å². The third kappa shape index (κ3) is 8.60. The van der Waals surface area contributed by atoms with Crippen LogP contribution in [0.2, 0.25) is 0 Å². The van der Waals surface area contributed by atoms with Crippen molar-refractivity contribution in [3.05, 3.63) is 0 Å². The van der Waals surface area contributed by atoms with Crippen LogP contribution in [0.25, 0.3) is 0 Å². The van der Waals surface area contributed by atoms with Gasteiger partial charge in [-0.15, -0.1) is 0 Å². The van der Waals surface area contributed by atoms with Gasteiger partial charge in [0, 0.05) is 25.0 Å². The Morgan fingerprint density at radius 3 is 2.20 bits per heavy atom. The van der Waals surface area contributed by atoms with Crippen LogP contribution in [0.4, 0.5) is 0 Å². The molecular formula is C22H41N3O5. The third-order valence-corrected chi connectivity index (χ3v) is 5.75. The van der Waals surface area contributed by atoms with E-state index in [9.17, 15) is 19.5 Å². The summed E-state index contributed by atoms with van der Waals surface area (Å²) in [6, 6.07) is -1.07. The molecule has 6 atom stereocenters. The molecule has 1 heterocycles. The molecule has 0 aromatic heterocycles. The lowest BCUT2D eigenvalue weighted by molar-refractivity contribution is -0.131. The topological polar surface area (TPSA) is 117 Å². The first-order valence-electron chi connectivity index (χ1n) is 11.2. The summed E-state index contributed by atoms with van der Waals surface area (Å²) in [6.07, 6.45) is 0.827. The molecule has 8 heteroatoms. The standard InChI is InChI=1S/C22H41N3O5/c1-7-23-22(29)16(6)24-20(27)14(4)11-19(26)18(10-13(2)3)25-21(28)15(5)17-8-9-30-12-17/h13-19,26H,7-12H2,1-6H3,(H,23,29)(H,24,27)(H,25,28)/t14-,15+,16+,17+,18+,19+/m1/s1. The molecule has 0 bridgehead atoms. The van der Waals surface area contributed by atoms with E-state index in [1.807, 2.05) is 27.7 Å². The maximum atomic E-state index is 12.7. The van der Waals surface area contributed by atoms with E-state index in [0.29, 0.717) is 26.2 Å². The summed E-state index contributed by atoms with van der Waals surface area (Å²) < 4.78 is 5.39. The molecule has 30 heavy (non-hydrogen) atoms. The van der Waals surface area contributed by atoms with Crippen molar-refractivity contribution in [2.24, 2.45) is 23.7 Å². The quantitative estimate of drug-likeness (QED) is 0.374. The van der Waals surface area contributed by atoms with Gasteiger partial charge in [0.2, 0.25) is 17.7 Å². The molecule has 1 aliphatic heterocycles. The summed E-state index contributed by atoms with van der Waals surface area (Å²) in [5.41, 5.74) is 0. The van der Waals surface area contributed by atoms with Crippen LogP contribution >= 0.6 is 0 Å². The molecule has 1 aliphatic rings. The molecular weight excluding hydrogens is 386 g/mol. The number of carbonyl (C=O) groups excluding carboxylic acids is 3. The van der Waals surface area contributed by atoms with Crippen molar-refractivity contribution < 1.29 is 24.2 Å². The number of carbonyl (C=O) groups is 3. The number of amides is 3. The highest BCUT2D eigenvalue weighted by Gasteiger charge is 2.32. The SMILES string of the molecule is CCNC(=O)[C@H](C)NC(=O)[C@H](C)C[C@H](O)[C@H](CC(C)C)NC(=O)[C@@H](C)[C@H]1CCOC1. The minimum absolute atomic E-state index is 0.0860. The average molecular weight is 428 g/mol. The van der Waals surface area contributed by atoms with Crippen molar-refractivity contribution >= 4 is 17.7 Å². The van der Waals surface area contributed by atoms with Crippen LogP contribution in [0, 0.1) is 23.7 Å². The summed E-state index contributed by atoms with van der Waals surface area (Å²) in [5.74, 6) is -0.833. The number of nitrogens with one attached hydrogen (secondary N) is 3. The first kappa shape index (κ1) is 26.4. The molecule has 4 N–H and O–H groups in total. The van der Waals surface area contributed by atoms with Crippen molar-refractivity contribution in [2.75, 3.05) is 19.8 Å². The van der Waals surface area contributed by atoms with Gasteiger partial charge in [-0.1, -0.05) is 27.7 Å². The highest BCUT2D eigenvalue weighted by atomic mass is 16.5. The van der Waals surface area contributed by atoms with Crippen LogP contribution in [-0.2, 0) is 19.1 Å². The van der Waals surface area contributed by atoms with Gasteiger partial charge in [-0.25, -0.2) is 0 Å². The Kier molecular flexibility index (Phi) is 11.3. The fraction of sp³-hybridized carbons (Fsp3) is 0.864. The number of aliphatic hydroxyl groups is 1. The Morgan fingerprint density at radius 2 is 1.67 bits per heavy atom. The third-order valence-electron chi connectivity index (χ3n) is 5.75. The van der Waals surface area contributed by atoms with Crippen LogP contribution in [0.1, 0.15) is 60.8 Å². The van der Waals surface area contributed by atoms with Crippen molar-refractivity contribution in [1.82, 2.24) is 16.0 Å². The molecule has 1 rings (SSSR count). The predicted octanol–water partition coefficient (Wildman–Crippen LogP) is 1.22. The largest absolute Gasteiger partial charge is 0.391 e. The molecule has 3 amide bonds. The van der Waals surface area contributed by atoms with E-state index in [1.54, 1.807) is 13.8 Å². The van der Waals surface area contributed by atoms with E-state index in [1.165, 1.54) is 0 Å². The van der Waals surface area contributed by atoms with Gasteiger partial charge in [-0.3, -0.25) is 14.4 Å². The zero-order valence-corrected chi connectivity index (χ0v) is 19.4. The van der Waals surface area contributed by atoms with Crippen molar-refractivity contribution in [3.63, 3.8) is 0 Å². The fourth-order valence-corrected chi connectivity index (χ4v) is 3.68. The number of hydrogen-bond acceptors (Lipinski definition) is 5. The Balaban J connectivity index is 2.66. The monoisotopic (exact) mass is 427 g/mol. The summed E-state index contributed by atoms with van der Waals surface area (Å²) in [6.45, 7) is 12.9. The number of hydrogen-bond donors (Lipinski definition) is 4. The second-order valence-corrected chi connectivity index (χ2v) is 8.99. The van der Waals surface area contributed by atoms with E-state index in [0.717, 1.165) is 6.42 Å². The lowest BCUT2D eigenvalue weighted by Crippen LogP contribution is -2.49. The Bertz CT molecular complexity index is 563. The smallest absolute Gasteiger partial charge is 0.242 e. The predicted molar refractivity (Wildman–Crippen MR) is 116 cm³/mol. The molecule has 0 saturated carbocycles. The average Bonchev–Trinajstić information content (AvgIpc) is 3.20. The van der Waals surface area contributed by atoms with E-state index in [-0.39, 0.29) is 41.9 Å². The highest BCUT2D eigenvalue weighted by molar-refractivity contribution is 5.88. The molecule has 0 aromatic rings. The molecule has 0 radical (unpaired) electrons. The normalized spacial score (nSPS) is 21.4. The van der Waals surface area contributed by atoms with E-state index in [4.69, 9.17) is 4.74 Å². The summed E-state index contributed by atoms with van der Waals surface area (Å²) >= 11 is 0. The number of aliphatic hydroxyl groups excluding tert-OH is 1. The maximum Gasteiger partial charge on any atom is 0.242 e. The Morgan fingerprint density at radius 1 is 1.00 bits per heavy atom. The van der Waals surface area contributed by atoms with Crippen molar-refractivity contribution in [1.29, 1.82) is 0 Å². The highest BCUT2D eigenvalue weighted by Crippen LogP contribution is 2.23. The Labute approximate surface area is 180 Å². The van der Waals surface area contributed by atoms with Crippen LogP contribution in [0.15, 0.2) is 0 Å². The fourth-order valence-electron chi connectivity index (χ4n) is 3.68. The molecule has 0 aromatic carbocycles. The molecule has 174 valence electrons. The molecule has 0 aliphatic carbocycles. The first-order chi connectivity index (χ1) is 14.1. The van der Waals surface area contributed by atoms with E-state index < -0.39 is 24.1 Å². The zero-order chi connectivity index (χ0) is 22.8. The van der Waals surface area contributed by atoms with Gasteiger partial charge < -0.3 is 25.8 Å². The van der Waals surface area contributed by atoms with Gasteiger partial charge in [-0.05, 0) is 44.9 Å². The zero-order valence-electron chi connectivity index (χ0n) is 19.4. The molecule has 1 fully saturated rings. The summed E-state index contributed by atoms with van der Waals surface area (Å²) in [7, 11) is 0. The minimum Gasteiger partial charge on any atom is -0.391 e. The van der Waals surface area contributed by atoms with Gasteiger partial charge in [0.1, 0.15) is 6.04 Å². The van der Waals surface area contributed by atoms with E-state index >= 15 is 0 Å². The van der Waals surface area contributed by atoms with Gasteiger partial charge in [0.25, 0.3) is 0 Å². The van der Waals surface area contributed by atoms with E-state index in [2.05, 4.69) is 16.0 Å². The van der Waals surface area contributed by atoms with Crippen LogP contribution in [0.3, 0.4) is 0 Å². The van der Waals surface area contributed by atoms with Crippen LogP contribution in [-0.4, -0.2) is 60.8 Å². The molecule has 0 unspecified atom stereocenters. The first-order valence-corrected chi connectivity index (χ1v) is 11.2. The molecule has 1 saturated heterocycles. The van der Waals surface area contributed by atoms with Gasteiger partial charge in [-0.2, -0.15) is 0 Å². The minimum atomic E-state index is -0.857. The van der Waals surface area contributed by atoms with Crippen LogP contribution < -0.4 is 16.0 Å². The number of likely N-dealkylation sites (N-methyl/N-ethyl adjacent to an activating group) is 1.